The minimum atomic E-state index is -1.17. The zero-order valence-corrected chi connectivity index (χ0v) is 2.48. The van der Waals surface area contributed by atoms with Crippen LogP contribution in [0.4, 0.5) is 4.39 Å². The maximum atomic E-state index is 10.6. The molecular weight excluding hydrogens is 75.0 g/mol. The third kappa shape index (κ3) is 3.85. The molecule has 0 amide bonds. The van der Waals surface area contributed by atoms with Crippen LogP contribution in [0.1, 0.15) is 0 Å². The van der Waals surface area contributed by atoms with Crippen molar-refractivity contribution < 1.29 is 14.6 Å². The van der Waals surface area contributed by atoms with Gasteiger partial charge in [0.2, 0.25) is 0 Å². The summed E-state index contributed by atoms with van der Waals surface area (Å²) in [6.45, 7) is -1.17. The van der Waals surface area contributed by atoms with Gasteiger partial charge in [0, 0.05) is 0 Å². The zero-order chi connectivity index (χ0) is 4.28. The fourth-order valence-electron chi connectivity index (χ4n) is 0. The molecule has 1 radical (unpaired) electrons. The van der Waals surface area contributed by atoms with Gasteiger partial charge in [-0.15, -0.1) is 0 Å². The van der Waals surface area contributed by atoms with E-state index in [0.29, 0.717) is 0 Å². The van der Waals surface area contributed by atoms with E-state index in [2.05, 4.69) is 0 Å². The van der Waals surface area contributed by atoms with Crippen LogP contribution in [0.2, 0.25) is 0 Å². The van der Waals surface area contributed by atoms with E-state index >= 15 is 0 Å². The second-order valence-corrected chi connectivity index (χ2v) is 0.550. The van der Waals surface area contributed by atoms with Gasteiger partial charge in [0.15, 0.2) is 0 Å². The zero-order valence-electron chi connectivity index (χ0n) is 2.48. The van der Waals surface area contributed by atoms with Gasteiger partial charge in [-0.1, -0.05) is 0 Å². The van der Waals surface area contributed by atoms with Crippen LogP contribution in [0.25, 0.3) is 0 Å². The van der Waals surface area contributed by atoms with Gasteiger partial charge in [0.05, 0.1) is 0 Å². The van der Waals surface area contributed by atoms with Crippen LogP contribution in [0.15, 0.2) is 0 Å². The van der Waals surface area contributed by atoms with E-state index < -0.39 is 13.0 Å². The summed E-state index contributed by atoms with van der Waals surface area (Å²) in [6, 6.07) is 0. The molecule has 3 heteroatoms. The van der Waals surface area contributed by atoms with E-state index in [0.717, 1.165) is 0 Å². The number of hydrogen-bond donors (Lipinski definition) is 2. The van der Waals surface area contributed by atoms with E-state index in [9.17, 15) is 4.39 Å². The van der Waals surface area contributed by atoms with Gasteiger partial charge in [-0.05, 0) is 0 Å². The van der Waals surface area contributed by atoms with Crippen molar-refractivity contribution in [3.05, 3.63) is 6.29 Å². The monoisotopic (exact) mass is 79.0 g/mol. The fourth-order valence-corrected chi connectivity index (χ4v) is 0. The summed E-state index contributed by atoms with van der Waals surface area (Å²) in [7, 11) is 0. The Bertz CT molecular complexity index is 21.6. The number of rotatable bonds is 1. The molecule has 0 unspecified atom stereocenters. The van der Waals surface area contributed by atoms with Crippen molar-refractivity contribution in [3.8, 4) is 0 Å². The van der Waals surface area contributed by atoms with E-state index in [-0.39, 0.29) is 0 Å². The lowest BCUT2D eigenvalue weighted by molar-refractivity contribution is 0.0588. The van der Waals surface area contributed by atoms with Crippen LogP contribution in [0.5, 0.6) is 0 Å². The standard InChI is InChI=1S/C2H4FO2/c3-1-2(4)5/h4-5H,1H2. The normalized spacial score (nSPS) is 9.60. The molecule has 2 nitrogen and oxygen atoms in total. The molecule has 0 saturated heterocycles. The lowest BCUT2D eigenvalue weighted by atomic mass is 10.8. The van der Waals surface area contributed by atoms with E-state index in [4.69, 9.17) is 10.2 Å². The van der Waals surface area contributed by atoms with Crippen LogP contribution >= 0.6 is 0 Å². The van der Waals surface area contributed by atoms with Gasteiger partial charge in [0.25, 0.3) is 6.29 Å². The maximum absolute atomic E-state index is 10.6. The molecule has 0 fully saturated rings. The summed E-state index contributed by atoms with van der Waals surface area (Å²) in [4.78, 5) is 0. The Hall–Kier alpha value is -0.150. The summed E-state index contributed by atoms with van der Waals surface area (Å²) in [5, 5.41) is 14.9. The van der Waals surface area contributed by atoms with Crippen molar-refractivity contribution in [3.63, 3.8) is 0 Å². The molecule has 0 atom stereocenters. The fraction of sp³-hybridized carbons (Fsp3) is 0.500. The van der Waals surface area contributed by atoms with Crippen LogP contribution in [-0.2, 0) is 0 Å². The average molecular weight is 79.0 g/mol. The molecule has 0 aliphatic carbocycles. The van der Waals surface area contributed by atoms with Gasteiger partial charge in [-0.3, -0.25) is 0 Å². The highest BCUT2D eigenvalue weighted by Gasteiger charge is 1.91. The minimum Gasteiger partial charge on any atom is -0.359 e. The number of aliphatic hydroxyl groups is 2. The molecule has 2 N–H and O–H groups in total. The predicted molar refractivity (Wildman–Crippen MR) is 13.1 cm³/mol. The van der Waals surface area contributed by atoms with Gasteiger partial charge in [-0.25, -0.2) is 4.39 Å². The molecule has 0 aromatic heterocycles. The van der Waals surface area contributed by atoms with Crippen molar-refractivity contribution in [1.82, 2.24) is 0 Å². The Labute approximate surface area is 28.9 Å². The highest BCUT2D eigenvalue weighted by molar-refractivity contribution is 4.49. The molecule has 0 saturated carbocycles. The summed E-state index contributed by atoms with van der Waals surface area (Å²) < 4.78 is 10.6. The Kier molecular flexibility index (Phi) is 2.05. The second kappa shape index (κ2) is 2.11. The number of hydrogen-bond acceptors (Lipinski definition) is 2. The quantitative estimate of drug-likeness (QED) is 0.471. The third-order valence-corrected chi connectivity index (χ3v) is 0.120. The Morgan fingerprint density at radius 2 is 1.80 bits per heavy atom. The van der Waals surface area contributed by atoms with E-state index in [1.165, 1.54) is 0 Å². The maximum Gasteiger partial charge on any atom is 0.250 e. The molecule has 0 heterocycles. The summed E-state index contributed by atoms with van der Waals surface area (Å²) in [6.07, 6.45) is -1.16. The highest BCUT2D eigenvalue weighted by atomic mass is 19.1. The lowest BCUT2D eigenvalue weighted by Gasteiger charge is -1.84. The van der Waals surface area contributed by atoms with Crippen molar-refractivity contribution >= 4 is 0 Å². The van der Waals surface area contributed by atoms with Crippen molar-refractivity contribution in [1.29, 1.82) is 0 Å². The SMILES string of the molecule is O[C](O)CF. The molecule has 0 aliphatic heterocycles. The molecule has 0 spiro atoms. The van der Waals surface area contributed by atoms with Crippen molar-refractivity contribution in [2.75, 3.05) is 6.67 Å². The first-order chi connectivity index (χ1) is 2.27. The van der Waals surface area contributed by atoms with Gasteiger partial charge >= 0.3 is 0 Å². The number of halogens is 1. The number of aliphatic hydroxyl groups excluding tert-OH is 1. The lowest BCUT2D eigenvalue weighted by Crippen LogP contribution is -1.92. The molecule has 0 aromatic carbocycles. The molecule has 0 bridgehead atoms. The van der Waals surface area contributed by atoms with Gasteiger partial charge < -0.3 is 10.2 Å². The second-order valence-electron chi connectivity index (χ2n) is 0.550. The number of alkyl halides is 1. The minimum absolute atomic E-state index is 1.16. The van der Waals surface area contributed by atoms with Crippen LogP contribution in [0.3, 0.4) is 0 Å². The average Bonchev–Trinajstić information content (AvgIpc) is 1.38. The first-order valence-electron chi connectivity index (χ1n) is 1.07. The van der Waals surface area contributed by atoms with E-state index in [1.807, 2.05) is 0 Å². The van der Waals surface area contributed by atoms with Crippen molar-refractivity contribution in [2.45, 2.75) is 0 Å². The van der Waals surface area contributed by atoms with Crippen LogP contribution < -0.4 is 0 Å². The summed E-state index contributed by atoms with van der Waals surface area (Å²) in [5.74, 6) is 0. The first-order valence-corrected chi connectivity index (χ1v) is 1.07. The van der Waals surface area contributed by atoms with Gasteiger partial charge in [-0.2, -0.15) is 0 Å². The summed E-state index contributed by atoms with van der Waals surface area (Å²) >= 11 is 0. The molecule has 0 rings (SSSR count). The highest BCUT2D eigenvalue weighted by Crippen LogP contribution is 1.81. The third-order valence-electron chi connectivity index (χ3n) is 0.120. The smallest absolute Gasteiger partial charge is 0.250 e. The molecule has 5 heavy (non-hydrogen) atoms. The Balaban J connectivity index is 2.54. The van der Waals surface area contributed by atoms with E-state index in [1.54, 1.807) is 0 Å². The largest absolute Gasteiger partial charge is 0.359 e. The predicted octanol–water partition coefficient (Wildman–Crippen LogP) is 0.190. The Morgan fingerprint density at radius 1 is 1.60 bits per heavy atom. The van der Waals surface area contributed by atoms with Crippen LogP contribution in [0, 0.1) is 6.29 Å². The molecule has 0 aromatic rings. The van der Waals surface area contributed by atoms with Crippen LogP contribution in [-0.4, -0.2) is 16.9 Å². The summed E-state index contributed by atoms with van der Waals surface area (Å²) in [5.41, 5.74) is 0. The first kappa shape index (κ1) is 4.85. The Morgan fingerprint density at radius 3 is 1.80 bits per heavy atom. The van der Waals surface area contributed by atoms with Crippen molar-refractivity contribution in [2.24, 2.45) is 0 Å². The topological polar surface area (TPSA) is 40.5 Å². The molecule has 31 valence electrons. The molecular formula is C2H4FO2. The molecule has 0 aliphatic rings. The van der Waals surface area contributed by atoms with Gasteiger partial charge in [0.1, 0.15) is 6.67 Å².